The number of pyridine rings is 1. The van der Waals surface area contributed by atoms with Crippen molar-refractivity contribution < 1.29 is 14.3 Å². The monoisotopic (exact) mass is 575 g/mol. The van der Waals surface area contributed by atoms with Crippen molar-refractivity contribution in [1.82, 2.24) is 14.9 Å². The number of benzene rings is 2. The Kier molecular flexibility index (Phi) is 8.07. The second kappa shape index (κ2) is 11.7. The number of carbonyl (C=O) groups excluding carboxylic acids is 1. The zero-order chi connectivity index (χ0) is 28.4. The average Bonchev–Trinajstić information content (AvgIpc) is 3.44. The molecular weight excluding hydrogens is 546 g/mol. The molecule has 1 amide bonds. The van der Waals surface area contributed by atoms with Gasteiger partial charge in [-0.2, -0.15) is 0 Å². The summed E-state index contributed by atoms with van der Waals surface area (Å²) in [4.78, 5) is 18.8. The van der Waals surface area contributed by atoms with Crippen LogP contribution in [0.1, 0.15) is 34.7 Å². The number of halogens is 1. The normalized spacial score (nSPS) is 16.6. The lowest BCUT2D eigenvalue weighted by Crippen LogP contribution is -2.29. The molecule has 1 aliphatic rings. The number of nitrogens with zero attached hydrogens (tertiary/aromatic N) is 3. The van der Waals surface area contributed by atoms with Crippen LogP contribution in [0.5, 0.6) is 5.75 Å². The Labute approximate surface area is 243 Å². The van der Waals surface area contributed by atoms with Crippen molar-refractivity contribution in [2.45, 2.75) is 25.9 Å². The maximum absolute atomic E-state index is 12.0. The van der Waals surface area contributed by atoms with E-state index in [1.54, 1.807) is 13.3 Å². The van der Waals surface area contributed by atoms with E-state index in [0.29, 0.717) is 15.8 Å². The van der Waals surface area contributed by atoms with Gasteiger partial charge >= 0.3 is 0 Å². The summed E-state index contributed by atoms with van der Waals surface area (Å²) in [5, 5.41) is 7.56. The van der Waals surface area contributed by atoms with Crippen molar-refractivity contribution in [3.8, 4) is 11.4 Å². The van der Waals surface area contributed by atoms with E-state index in [9.17, 15) is 4.79 Å². The number of aryl methyl sites for hydroxylation is 1. The first kappa shape index (κ1) is 27.6. The maximum atomic E-state index is 12.0. The van der Waals surface area contributed by atoms with Gasteiger partial charge in [-0.25, -0.2) is 0 Å². The third-order valence-electron chi connectivity index (χ3n) is 6.97. The Morgan fingerprint density at radius 1 is 1.10 bits per heavy atom. The molecule has 4 aromatic rings. The molecule has 5 rings (SSSR count). The smallest absolute Gasteiger partial charge is 0.250 e. The molecule has 0 saturated carbocycles. The molecule has 2 N–H and O–H groups in total. The fourth-order valence-electron chi connectivity index (χ4n) is 5.28. The summed E-state index contributed by atoms with van der Waals surface area (Å²) in [6.45, 7) is 4.14. The predicted octanol–water partition coefficient (Wildman–Crippen LogP) is 5.91. The molecule has 1 aliphatic heterocycles. The van der Waals surface area contributed by atoms with Crippen molar-refractivity contribution in [2.24, 2.45) is 0 Å². The van der Waals surface area contributed by atoms with Crippen molar-refractivity contribution in [2.75, 3.05) is 31.0 Å². The highest BCUT2D eigenvalue weighted by molar-refractivity contribution is 7.80. The van der Waals surface area contributed by atoms with Crippen LogP contribution in [0.25, 0.3) is 5.69 Å². The highest BCUT2D eigenvalue weighted by atomic mass is 35.5. The molecule has 2 aromatic carbocycles. The number of thiocarbonyl (C=S) groups is 1. The molecule has 1 saturated heterocycles. The van der Waals surface area contributed by atoms with E-state index in [2.05, 4.69) is 45.0 Å². The van der Waals surface area contributed by atoms with Gasteiger partial charge in [0.2, 0.25) is 5.91 Å². The molecule has 3 heterocycles. The molecule has 0 unspecified atom stereocenters. The number of carbonyl (C=O) groups is 1. The third-order valence-corrected chi connectivity index (χ3v) is 7.52. The van der Waals surface area contributed by atoms with Crippen LogP contribution in [0.2, 0.25) is 5.02 Å². The quantitative estimate of drug-likeness (QED) is 0.253. The Hall–Kier alpha value is -3.92. The number of amides is 1. The van der Waals surface area contributed by atoms with E-state index >= 15 is 0 Å². The predicted molar refractivity (Wildman–Crippen MR) is 162 cm³/mol. The van der Waals surface area contributed by atoms with Gasteiger partial charge in [-0.3, -0.25) is 9.78 Å². The summed E-state index contributed by atoms with van der Waals surface area (Å²) in [6.07, 6.45) is 1.79. The molecule has 1 fully saturated rings. The third kappa shape index (κ3) is 5.28. The lowest BCUT2D eigenvalue weighted by atomic mass is 9.96. The number of nitrogens with one attached hydrogen (secondary N) is 2. The minimum atomic E-state index is -0.217. The van der Waals surface area contributed by atoms with E-state index in [-0.39, 0.29) is 24.6 Å². The molecule has 2 aromatic heterocycles. The molecule has 0 bridgehead atoms. The van der Waals surface area contributed by atoms with Gasteiger partial charge in [0.05, 0.1) is 30.6 Å². The topological polar surface area (TPSA) is 80.7 Å². The van der Waals surface area contributed by atoms with Crippen LogP contribution < -0.4 is 20.3 Å². The van der Waals surface area contributed by atoms with E-state index < -0.39 is 0 Å². The van der Waals surface area contributed by atoms with Crippen molar-refractivity contribution >= 4 is 46.2 Å². The zero-order valence-electron chi connectivity index (χ0n) is 22.6. The molecule has 10 heteroatoms. The Morgan fingerprint density at radius 2 is 1.88 bits per heavy atom. The zero-order valence-corrected chi connectivity index (χ0v) is 24.2. The lowest BCUT2D eigenvalue weighted by molar-refractivity contribution is -0.119. The minimum Gasteiger partial charge on any atom is -0.495 e. The maximum Gasteiger partial charge on any atom is 0.250 e. The van der Waals surface area contributed by atoms with Crippen molar-refractivity contribution in [1.29, 1.82) is 0 Å². The van der Waals surface area contributed by atoms with Gasteiger partial charge in [0.1, 0.15) is 12.4 Å². The molecule has 0 aliphatic carbocycles. The fourth-order valence-corrected chi connectivity index (χ4v) is 5.79. The van der Waals surface area contributed by atoms with Gasteiger partial charge in [0, 0.05) is 41.1 Å². The minimum absolute atomic E-state index is 0.0112. The first-order valence-electron chi connectivity index (χ1n) is 12.7. The van der Waals surface area contributed by atoms with Gasteiger partial charge in [0.15, 0.2) is 5.11 Å². The number of hydrogen-bond donors (Lipinski definition) is 2. The summed E-state index contributed by atoms with van der Waals surface area (Å²) in [7, 11) is 3.14. The standard InChI is InChI=1S/C30H30ClN5O3S/c1-18-15-23(19(2)35(18)25-16-20(31)8-13-26(25)39-4)29-28(24-7-5-6-14-32-24)34-30(40)36(29)22-11-9-21(10-12-22)33-27(37)17-38-3/h5-16,28-29H,17H2,1-4H3,(H,33,37)(H,34,40)/t28-,29-/m1/s1. The number of methoxy groups -OCH3 is 2. The van der Waals surface area contributed by atoms with Crippen LogP contribution in [0, 0.1) is 13.8 Å². The van der Waals surface area contributed by atoms with Gasteiger partial charge in [0.25, 0.3) is 0 Å². The SMILES string of the molecule is COCC(=O)Nc1ccc(N2C(=S)N[C@H](c3ccccn3)[C@H]2c2cc(C)n(-c3cc(Cl)ccc3OC)c2C)cc1. The molecule has 2 atom stereocenters. The Balaban J connectivity index is 1.61. The first-order chi connectivity index (χ1) is 19.3. The van der Waals surface area contributed by atoms with Gasteiger partial charge in [-0.1, -0.05) is 17.7 Å². The van der Waals surface area contributed by atoms with Gasteiger partial charge in [-0.15, -0.1) is 0 Å². The van der Waals surface area contributed by atoms with E-state index in [4.69, 9.17) is 33.3 Å². The fraction of sp³-hybridized carbons (Fsp3) is 0.233. The first-order valence-corrected chi connectivity index (χ1v) is 13.5. The molecule has 40 heavy (non-hydrogen) atoms. The van der Waals surface area contributed by atoms with Crippen LogP contribution in [-0.2, 0) is 9.53 Å². The van der Waals surface area contributed by atoms with E-state index in [1.807, 2.05) is 60.7 Å². The van der Waals surface area contributed by atoms with Crippen LogP contribution in [0.15, 0.2) is 72.9 Å². The van der Waals surface area contributed by atoms with Crippen molar-refractivity contribution in [3.05, 3.63) is 101 Å². The second-order valence-corrected chi connectivity index (χ2v) is 10.3. The summed E-state index contributed by atoms with van der Waals surface area (Å²) in [6, 6.07) is 20.9. The second-order valence-electron chi connectivity index (χ2n) is 9.50. The van der Waals surface area contributed by atoms with E-state index in [1.165, 1.54) is 7.11 Å². The van der Waals surface area contributed by atoms with Crippen LogP contribution in [0.4, 0.5) is 11.4 Å². The number of hydrogen-bond acceptors (Lipinski definition) is 5. The van der Waals surface area contributed by atoms with Crippen molar-refractivity contribution in [3.63, 3.8) is 0 Å². The largest absolute Gasteiger partial charge is 0.495 e. The molecule has 0 radical (unpaired) electrons. The number of ether oxygens (including phenoxy) is 2. The summed E-state index contributed by atoms with van der Waals surface area (Å²) < 4.78 is 12.8. The Bertz CT molecular complexity index is 1540. The molecule has 8 nitrogen and oxygen atoms in total. The van der Waals surface area contributed by atoms with Crippen LogP contribution >= 0.6 is 23.8 Å². The van der Waals surface area contributed by atoms with Gasteiger partial charge < -0.3 is 29.6 Å². The molecular formula is C30H30ClN5O3S. The number of aromatic nitrogens is 2. The number of anilines is 2. The summed E-state index contributed by atoms with van der Waals surface area (Å²) >= 11 is 12.3. The summed E-state index contributed by atoms with van der Waals surface area (Å²) in [5.41, 5.74) is 6.45. The van der Waals surface area contributed by atoms with Gasteiger partial charge in [-0.05, 0) is 92.3 Å². The average molecular weight is 576 g/mol. The van der Waals surface area contributed by atoms with Crippen LogP contribution in [0.3, 0.4) is 0 Å². The molecule has 0 spiro atoms. The lowest BCUT2D eigenvalue weighted by Gasteiger charge is -2.28. The Morgan fingerprint density at radius 3 is 2.55 bits per heavy atom. The number of rotatable bonds is 8. The molecule has 206 valence electrons. The highest BCUT2D eigenvalue weighted by Gasteiger charge is 2.42. The van der Waals surface area contributed by atoms with Crippen LogP contribution in [-0.4, -0.2) is 41.4 Å². The highest BCUT2D eigenvalue weighted by Crippen LogP contribution is 2.44. The summed E-state index contributed by atoms with van der Waals surface area (Å²) in [5.74, 6) is 0.507. The van der Waals surface area contributed by atoms with E-state index in [0.717, 1.165) is 39.8 Å².